The average molecular weight is 238 g/mol. The molecule has 0 saturated heterocycles. The Morgan fingerprint density at radius 2 is 1.65 bits per heavy atom. The molecule has 2 fully saturated rings. The molecule has 2 rings (SSSR count). The van der Waals surface area contributed by atoms with Crippen LogP contribution in [-0.4, -0.2) is 18.5 Å². The highest BCUT2D eigenvalue weighted by Gasteiger charge is 2.66. The molecule has 0 spiro atoms. The van der Waals surface area contributed by atoms with Gasteiger partial charge in [-0.3, -0.25) is 4.79 Å². The third kappa shape index (κ3) is 1.70. The van der Waals surface area contributed by atoms with Gasteiger partial charge in [0, 0.05) is 12.6 Å². The van der Waals surface area contributed by atoms with E-state index in [9.17, 15) is 4.79 Å². The fourth-order valence-corrected chi connectivity index (χ4v) is 3.42. The number of amides is 1. The lowest BCUT2D eigenvalue weighted by molar-refractivity contribution is -0.130. The van der Waals surface area contributed by atoms with E-state index in [0.717, 1.165) is 25.7 Å². The Labute approximate surface area is 105 Å². The molecule has 0 aromatic carbocycles. The zero-order valence-electron chi connectivity index (χ0n) is 11.6. The van der Waals surface area contributed by atoms with Crippen molar-refractivity contribution >= 4 is 5.91 Å². The highest BCUT2D eigenvalue weighted by atomic mass is 16.2. The molecular weight excluding hydrogens is 212 g/mol. The van der Waals surface area contributed by atoms with Gasteiger partial charge in [0.1, 0.15) is 0 Å². The van der Waals surface area contributed by atoms with Crippen LogP contribution in [0.4, 0.5) is 0 Å². The molecule has 0 aromatic rings. The lowest BCUT2D eigenvalue weighted by Crippen LogP contribution is -2.46. The second-order valence-electron chi connectivity index (χ2n) is 7.04. The number of nitrogens with two attached hydrogens (primary N) is 1. The third-order valence-corrected chi connectivity index (χ3v) is 5.73. The normalized spacial score (nSPS) is 29.0. The van der Waals surface area contributed by atoms with Crippen molar-refractivity contribution in [2.24, 2.45) is 22.0 Å². The molecule has 3 nitrogen and oxygen atoms in total. The van der Waals surface area contributed by atoms with Crippen LogP contribution in [0, 0.1) is 16.2 Å². The molecule has 0 radical (unpaired) electrons. The van der Waals surface area contributed by atoms with Crippen LogP contribution < -0.4 is 11.1 Å². The topological polar surface area (TPSA) is 55.1 Å². The molecule has 0 aliphatic heterocycles. The van der Waals surface area contributed by atoms with Crippen molar-refractivity contribution < 1.29 is 4.79 Å². The van der Waals surface area contributed by atoms with Crippen molar-refractivity contribution in [3.05, 3.63) is 0 Å². The Hall–Kier alpha value is -0.570. The van der Waals surface area contributed by atoms with E-state index in [0.29, 0.717) is 12.6 Å². The fraction of sp³-hybridized carbons (Fsp3) is 0.929. The predicted molar refractivity (Wildman–Crippen MR) is 69.4 cm³/mol. The monoisotopic (exact) mass is 238 g/mol. The molecule has 0 unspecified atom stereocenters. The summed E-state index contributed by atoms with van der Waals surface area (Å²) in [6.45, 7) is 9.39. The minimum atomic E-state index is -0.269. The van der Waals surface area contributed by atoms with Crippen molar-refractivity contribution in [1.82, 2.24) is 5.32 Å². The van der Waals surface area contributed by atoms with E-state index in [1.165, 1.54) is 0 Å². The summed E-state index contributed by atoms with van der Waals surface area (Å²) in [6, 6.07) is 0.298. The van der Waals surface area contributed by atoms with E-state index in [-0.39, 0.29) is 22.2 Å². The van der Waals surface area contributed by atoms with Crippen LogP contribution >= 0.6 is 0 Å². The van der Waals surface area contributed by atoms with Crippen LogP contribution in [0.5, 0.6) is 0 Å². The maximum atomic E-state index is 12.4. The average Bonchev–Trinajstić information content (AvgIpc) is 2.67. The first kappa shape index (κ1) is 12.9. The summed E-state index contributed by atoms with van der Waals surface area (Å²) in [7, 11) is 0. The van der Waals surface area contributed by atoms with Crippen LogP contribution in [0.15, 0.2) is 0 Å². The maximum Gasteiger partial charge on any atom is 0.227 e. The number of hydrogen-bond acceptors (Lipinski definition) is 2. The Bertz CT molecular complexity index is 313. The van der Waals surface area contributed by atoms with Gasteiger partial charge in [0.05, 0.1) is 5.41 Å². The van der Waals surface area contributed by atoms with Gasteiger partial charge in [0.2, 0.25) is 5.91 Å². The van der Waals surface area contributed by atoms with Gasteiger partial charge in [-0.25, -0.2) is 0 Å². The Morgan fingerprint density at radius 3 is 2.00 bits per heavy atom. The largest absolute Gasteiger partial charge is 0.352 e. The van der Waals surface area contributed by atoms with Gasteiger partial charge in [-0.05, 0) is 23.7 Å². The quantitative estimate of drug-likeness (QED) is 0.790. The zero-order chi connectivity index (χ0) is 12.9. The summed E-state index contributed by atoms with van der Waals surface area (Å²) in [5.41, 5.74) is 5.98. The van der Waals surface area contributed by atoms with Crippen LogP contribution in [0.1, 0.15) is 53.4 Å². The second-order valence-corrected chi connectivity index (χ2v) is 7.04. The lowest BCUT2D eigenvalue weighted by Gasteiger charge is -2.26. The first-order valence-corrected chi connectivity index (χ1v) is 6.79. The van der Waals surface area contributed by atoms with Crippen molar-refractivity contribution in [2.45, 2.75) is 59.4 Å². The van der Waals surface area contributed by atoms with E-state index in [4.69, 9.17) is 5.73 Å². The van der Waals surface area contributed by atoms with Crippen molar-refractivity contribution in [1.29, 1.82) is 0 Å². The molecule has 2 aliphatic rings. The van der Waals surface area contributed by atoms with E-state index in [1.807, 2.05) is 0 Å². The molecule has 0 bridgehead atoms. The predicted octanol–water partition coefficient (Wildman–Crippen LogP) is 2.06. The van der Waals surface area contributed by atoms with E-state index < -0.39 is 0 Å². The van der Waals surface area contributed by atoms with Gasteiger partial charge < -0.3 is 11.1 Å². The number of hydrogen-bond donors (Lipinski definition) is 2. The van der Waals surface area contributed by atoms with Crippen LogP contribution in [0.25, 0.3) is 0 Å². The lowest BCUT2D eigenvalue weighted by atomic mass is 9.85. The highest BCUT2D eigenvalue weighted by Crippen LogP contribution is 2.62. The molecule has 98 valence electrons. The molecule has 3 N–H and O–H groups in total. The molecule has 3 heteroatoms. The molecule has 0 atom stereocenters. The summed E-state index contributed by atoms with van der Waals surface area (Å²) < 4.78 is 0. The molecule has 1 amide bonds. The summed E-state index contributed by atoms with van der Waals surface area (Å²) >= 11 is 0. The molecule has 2 aliphatic carbocycles. The summed E-state index contributed by atoms with van der Waals surface area (Å²) in [4.78, 5) is 12.4. The SMILES string of the molecule is CC1(C)C(NC(=O)C2(CN)CCCC2)C1(C)C. The highest BCUT2D eigenvalue weighted by molar-refractivity contribution is 5.84. The van der Waals surface area contributed by atoms with Crippen molar-refractivity contribution in [2.75, 3.05) is 6.54 Å². The van der Waals surface area contributed by atoms with Gasteiger partial charge in [0.25, 0.3) is 0 Å². The van der Waals surface area contributed by atoms with Gasteiger partial charge in [-0.15, -0.1) is 0 Å². The number of rotatable bonds is 3. The molecule has 2 saturated carbocycles. The number of nitrogens with one attached hydrogen (secondary N) is 1. The first-order valence-electron chi connectivity index (χ1n) is 6.79. The standard InChI is InChI=1S/C14H26N2O/c1-12(2)10(13(12,3)4)16-11(17)14(9-15)7-5-6-8-14/h10H,5-9,15H2,1-4H3,(H,16,17). The smallest absolute Gasteiger partial charge is 0.227 e. The second kappa shape index (κ2) is 3.71. The molecule has 17 heavy (non-hydrogen) atoms. The number of carbonyl (C=O) groups excluding carboxylic acids is 1. The van der Waals surface area contributed by atoms with Gasteiger partial charge in [-0.1, -0.05) is 40.5 Å². The minimum Gasteiger partial charge on any atom is -0.352 e. The zero-order valence-corrected chi connectivity index (χ0v) is 11.6. The maximum absolute atomic E-state index is 12.4. The van der Waals surface area contributed by atoms with Crippen molar-refractivity contribution in [3.63, 3.8) is 0 Å². The molecule has 0 heterocycles. The van der Waals surface area contributed by atoms with Gasteiger partial charge >= 0.3 is 0 Å². The van der Waals surface area contributed by atoms with E-state index in [2.05, 4.69) is 33.0 Å². The Balaban J connectivity index is 2.04. The van der Waals surface area contributed by atoms with Crippen LogP contribution in [0.2, 0.25) is 0 Å². The van der Waals surface area contributed by atoms with E-state index >= 15 is 0 Å². The van der Waals surface area contributed by atoms with E-state index in [1.54, 1.807) is 0 Å². The van der Waals surface area contributed by atoms with Crippen LogP contribution in [0.3, 0.4) is 0 Å². The number of carbonyl (C=O) groups is 1. The Morgan fingerprint density at radius 1 is 1.18 bits per heavy atom. The van der Waals surface area contributed by atoms with Gasteiger partial charge in [0.15, 0.2) is 0 Å². The first-order chi connectivity index (χ1) is 7.78. The molecule has 0 aromatic heterocycles. The summed E-state index contributed by atoms with van der Waals surface area (Å²) in [6.07, 6.45) is 4.20. The molecular formula is C14H26N2O. The minimum absolute atomic E-state index is 0.196. The van der Waals surface area contributed by atoms with Crippen LogP contribution in [-0.2, 0) is 4.79 Å². The van der Waals surface area contributed by atoms with Gasteiger partial charge in [-0.2, -0.15) is 0 Å². The Kier molecular flexibility index (Phi) is 2.81. The third-order valence-electron chi connectivity index (χ3n) is 5.73. The fourth-order valence-electron chi connectivity index (χ4n) is 3.42. The summed E-state index contributed by atoms with van der Waals surface area (Å²) in [5, 5.41) is 3.25. The summed E-state index contributed by atoms with van der Waals surface area (Å²) in [5.74, 6) is 0.196. The van der Waals surface area contributed by atoms with Crippen molar-refractivity contribution in [3.8, 4) is 0 Å².